The number of halogens is 1. The van der Waals surface area contributed by atoms with E-state index < -0.39 is 12.1 Å². The molecule has 0 spiro atoms. The standard InChI is InChI=1S/C26H21FN4O3/c1-32-15-11-12-18(21(13-15)33-2)25-22-23(17-8-4-6-10-20(17)34-25)30-26-28-14-29-31(26)24(22)16-7-3-5-9-19(16)27/h3-14,24-25H,1-2H3,(H,28,29,30). The van der Waals surface area contributed by atoms with Gasteiger partial charge in [-0.1, -0.05) is 30.3 Å². The van der Waals surface area contributed by atoms with Gasteiger partial charge in [-0.15, -0.1) is 0 Å². The smallest absolute Gasteiger partial charge is 0.226 e. The van der Waals surface area contributed by atoms with E-state index in [1.807, 2.05) is 48.5 Å². The van der Waals surface area contributed by atoms with Crippen LogP contribution in [0.25, 0.3) is 5.70 Å². The summed E-state index contributed by atoms with van der Waals surface area (Å²) in [4.78, 5) is 4.38. The zero-order valence-corrected chi connectivity index (χ0v) is 18.5. The number of hydrogen-bond donors (Lipinski definition) is 1. The molecule has 6 rings (SSSR count). The summed E-state index contributed by atoms with van der Waals surface area (Å²) in [6.45, 7) is 0. The molecule has 7 nitrogen and oxygen atoms in total. The molecule has 0 saturated heterocycles. The number of nitrogens with zero attached hydrogens (tertiary/aromatic N) is 3. The van der Waals surface area contributed by atoms with Crippen LogP contribution in [0.3, 0.4) is 0 Å². The minimum atomic E-state index is -0.583. The number of nitrogens with one attached hydrogen (secondary N) is 1. The normalized spacial score (nSPS) is 18.2. The number of para-hydroxylation sites is 1. The number of fused-ring (bicyclic) bond motifs is 3. The molecule has 0 radical (unpaired) electrons. The van der Waals surface area contributed by atoms with Crippen LogP contribution in [0.4, 0.5) is 10.3 Å². The molecule has 2 aliphatic rings. The molecular weight excluding hydrogens is 435 g/mol. The maximum Gasteiger partial charge on any atom is 0.226 e. The van der Waals surface area contributed by atoms with Crippen LogP contribution in [0, 0.1) is 5.82 Å². The summed E-state index contributed by atoms with van der Waals surface area (Å²) in [7, 11) is 3.21. The fraction of sp³-hybridized carbons (Fsp3) is 0.154. The van der Waals surface area contributed by atoms with Crippen LogP contribution in [0.5, 0.6) is 17.2 Å². The zero-order chi connectivity index (χ0) is 23.2. The van der Waals surface area contributed by atoms with Gasteiger partial charge in [0.1, 0.15) is 35.4 Å². The fourth-order valence-corrected chi connectivity index (χ4v) is 4.71. The number of hydrogen-bond acceptors (Lipinski definition) is 6. The summed E-state index contributed by atoms with van der Waals surface area (Å²) in [6, 6.07) is 19.5. The summed E-state index contributed by atoms with van der Waals surface area (Å²) in [5, 5.41) is 7.85. The molecule has 8 heteroatoms. The summed E-state index contributed by atoms with van der Waals surface area (Å²) in [6.07, 6.45) is 0.880. The van der Waals surface area contributed by atoms with Crippen LogP contribution in [-0.2, 0) is 0 Å². The van der Waals surface area contributed by atoms with Crippen molar-refractivity contribution in [2.75, 3.05) is 19.5 Å². The quantitative estimate of drug-likeness (QED) is 0.466. The van der Waals surface area contributed by atoms with Crippen molar-refractivity contribution in [1.29, 1.82) is 0 Å². The van der Waals surface area contributed by atoms with E-state index in [9.17, 15) is 0 Å². The second-order valence-corrected chi connectivity index (χ2v) is 8.01. The van der Waals surface area contributed by atoms with Gasteiger partial charge in [-0.25, -0.2) is 9.07 Å². The highest BCUT2D eigenvalue weighted by Gasteiger charge is 2.42. The van der Waals surface area contributed by atoms with Gasteiger partial charge in [0.15, 0.2) is 6.10 Å². The van der Waals surface area contributed by atoms with Crippen molar-refractivity contribution in [2.45, 2.75) is 12.1 Å². The van der Waals surface area contributed by atoms with Crippen molar-refractivity contribution in [3.05, 3.63) is 101 Å². The summed E-state index contributed by atoms with van der Waals surface area (Å²) >= 11 is 0. The maximum atomic E-state index is 15.2. The molecule has 0 aliphatic carbocycles. The van der Waals surface area contributed by atoms with Crippen molar-refractivity contribution >= 4 is 11.6 Å². The average Bonchev–Trinajstić information content (AvgIpc) is 3.35. The Morgan fingerprint density at radius 1 is 0.971 bits per heavy atom. The second-order valence-electron chi connectivity index (χ2n) is 8.01. The van der Waals surface area contributed by atoms with Crippen molar-refractivity contribution < 1.29 is 18.6 Å². The number of anilines is 1. The minimum Gasteiger partial charge on any atom is -0.497 e. The van der Waals surface area contributed by atoms with Crippen LogP contribution in [0.15, 0.2) is 78.6 Å². The summed E-state index contributed by atoms with van der Waals surface area (Å²) in [5.41, 5.74) is 3.77. The molecule has 0 bridgehead atoms. The van der Waals surface area contributed by atoms with Crippen LogP contribution >= 0.6 is 0 Å². The molecule has 2 unspecified atom stereocenters. The van der Waals surface area contributed by atoms with Crippen molar-refractivity contribution in [1.82, 2.24) is 14.8 Å². The van der Waals surface area contributed by atoms with E-state index in [0.29, 0.717) is 28.8 Å². The van der Waals surface area contributed by atoms with Crippen LogP contribution in [-0.4, -0.2) is 29.0 Å². The highest BCUT2D eigenvalue weighted by Crippen LogP contribution is 2.52. The lowest BCUT2D eigenvalue weighted by Crippen LogP contribution is -2.33. The Kier molecular flexibility index (Phi) is 4.72. The summed E-state index contributed by atoms with van der Waals surface area (Å²) < 4.78 is 34.6. The molecule has 1 N–H and O–H groups in total. The van der Waals surface area contributed by atoms with Gasteiger partial charge >= 0.3 is 0 Å². The van der Waals surface area contributed by atoms with E-state index in [2.05, 4.69) is 15.4 Å². The van der Waals surface area contributed by atoms with E-state index in [1.165, 1.54) is 12.4 Å². The van der Waals surface area contributed by atoms with E-state index in [-0.39, 0.29) is 5.82 Å². The first-order valence-corrected chi connectivity index (χ1v) is 10.8. The van der Waals surface area contributed by atoms with Gasteiger partial charge in [0.25, 0.3) is 0 Å². The Morgan fingerprint density at radius 3 is 2.62 bits per heavy atom. The van der Waals surface area contributed by atoms with Gasteiger partial charge in [-0.3, -0.25) is 0 Å². The number of ether oxygens (including phenoxy) is 3. The lowest BCUT2D eigenvalue weighted by Gasteiger charge is -2.39. The van der Waals surface area contributed by atoms with Crippen molar-refractivity contribution in [3.8, 4) is 17.2 Å². The van der Waals surface area contributed by atoms with Crippen LogP contribution in [0.2, 0.25) is 0 Å². The molecule has 3 heterocycles. The third-order valence-electron chi connectivity index (χ3n) is 6.24. The van der Waals surface area contributed by atoms with E-state index in [4.69, 9.17) is 14.2 Å². The molecule has 1 aromatic heterocycles. The van der Waals surface area contributed by atoms with Crippen molar-refractivity contribution in [2.24, 2.45) is 0 Å². The SMILES string of the molecule is COc1ccc(C2Oc3ccccc3C3=C2C(c2ccccc2F)n2ncnc2N3)c(OC)c1. The Morgan fingerprint density at radius 2 is 1.79 bits per heavy atom. The molecule has 2 atom stereocenters. The Hall–Kier alpha value is -4.33. The van der Waals surface area contributed by atoms with Crippen LogP contribution in [0.1, 0.15) is 28.8 Å². The molecule has 0 fully saturated rings. The van der Waals surface area contributed by atoms with E-state index in [1.54, 1.807) is 31.0 Å². The van der Waals surface area contributed by atoms with Gasteiger partial charge in [-0.2, -0.15) is 10.1 Å². The number of benzene rings is 3. The van der Waals surface area contributed by atoms with Gasteiger partial charge in [0.05, 0.1) is 19.9 Å². The molecule has 3 aromatic carbocycles. The monoisotopic (exact) mass is 456 g/mol. The predicted molar refractivity (Wildman–Crippen MR) is 124 cm³/mol. The molecule has 2 aliphatic heterocycles. The third-order valence-corrected chi connectivity index (χ3v) is 6.24. The van der Waals surface area contributed by atoms with E-state index >= 15 is 4.39 Å². The topological polar surface area (TPSA) is 70.4 Å². The van der Waals surface area contributed by atoms with E-state index in [0.717, 1.165) is 22.4 Å². The number of methoxy groups -OCH3 is 2. The highest BCUT2D eigenvalue weighted by molar-refractivity contribution is 5.85. The zero-order valence-electron chi connectivity index (χ0n) is 18.5. The fourth-order valence-electron chi connectivity index (χ4n) is 4.71. The number of rotatable bonds is 4. The Balaban J connectivity index is 1.64. The van der Waals surface area contributed by atoms with Crippen molar-refractivity contribution in [3.63, 3.8) is 0 Å². The molecule has 34 heavy (non-hydrogen) atoms. The first-order valence-electron chi connectivity index (χ1n) is 10.8. The Bertz CT molecular complexity index is 1430. The molecule has 4 aromatic rings. The van der Waals surface area contributed by atoms with Gasteiger partial charge in [-0.05, 0) is 30.3 Å². The largest absolute Gasteiger partial charge is 0.497 e. The Labute approximate surface area is 195 Å². The molecule has 170 valence electrons. The van der Waals surface area contributed by atoms with Crippen LogP contribution < -0.4 is 19.5 Å². The molecular formula is C26H21FN4O3. The first kappa shape index (κ1) is 20.3. The maximum absolute atomic E-state index is 15.2. The lowest BCUT2D eigenvalue weighted by molar-refractivity contribution is 0.217. The predicted octanol–water partition coefficient (Wildman–Crippen LogP) is 4.99. The third kappa shape index (κ3) is 3.02. The van der Waals surface area contributed by atoms with Gasteiger partial charge < -0.3 is 19.5 Å². The number of aromatic nitrogens is 3. The van der Waals surface area contributed by atoms with Gasteiger partial charge in [0, 0.05) is 28.3 Å². The minimum absolute atomic E-state index is 0.331. The second kappa shape index (κ2) is 7.91. The van der Waals surface area contributed by atoms with Gasteiger partial charge in [0.2, 0.25) is 5.95 Å². The highest BCUT2D eigenvalue weighted by atomic mass is 19.1. The molecule has 0 amide bonds. The average molecular weight is 456 g/mol. The lowest BCUT2D eigenvalue weighted by atomic mass is 9.84. The first-order chi connectivity index (χ1) is 16.7. The molecule has 0 saturated carbocycles. The summed E-state index contributed by atoms with van der Waals surface area (Å²) in [5.74, 6) is 2.17.